The van der Waals surface area contributed by atoms with Gasteiger partial charge >= 0.3 is 0 Å². The average Bonchev–Trinajstić information content (AvgIpc) is 2.74. The van der Waals surface area contributed by atoms with Gasteiger partial charge in [-0.2, -0.15) is 0 Å². The molecular weight excluding hydrogens is 376 g/mol. The van der Waals surface area contributed by atoms with E-state index in [1.54, 1.807) is 13.2 Å². The molecule has 2 aromatic rings. The van der Waals surface area contributed by atoms with Crippen molar-refractivity contribution in [2.75, 3.05) is 33.4 Å². The number of nitrogens with zero attached hydrogens (tertiary/aromatic N) is 1. The minimum absolute atomic E-state index is 0.0473. The number of benzene rings is 2. The third-order valence-corrected chi connectivity index (χ3v) is 5.34. The van der Waals surface area contributed by atoms with Crippen LogP contribution in [0.1, 0.15) is 51.8 Å². The molecule has 1 N–H and O–H groups in total. The van der Waals surface area contributed by atoms with E-state index < -0.39 is 0 Å². The fraction of sp³-hybridized carbons (Fsp3) is 0.480. The highest BCUT2D eigenvalue weighted by Gasteiger charge is 2.20. The Labute approximate surface area is 181 Å². The molecule has 0 fully saturated rings. The van der Waals surface area contributed by atoms with Crippen molar-refractivity contribution in [1.82, 2.24) is 10.2 Å². The summed E-state index contributed by atoms with van der Waals surface area (Å²) in [6.45, 7) is 13.2. The van der Waals surface area contributed by atoms with Crippen molar-refractivity contribution in [3.05, 3.63) is 59.7 Å². The highest BCUT2D eigenvalue weighted by molar-refractivity contribution is 5.77. The minimum Gasteiger partial charge on any atom is -0.493 e. The normalized spacial score (nSPS) is 12.5. The van der Waals surface area contributed by atoms with Gasteiger partial charge in [0.2, 0.25) is 0 Å². The number of likely N-dealkylation sites (N-methyl/N-ethyl adjacent to an activating group) is 1. The van der Waals surface area contributed by atoms with E-state index in [-0.39, 0.29) is 24.0 Å². The van der Waals surface area contributed by atoms with Gasteiger partial charge in [0.15, 0.2) is 18.1 Å². The Hall–Kier alpha value is -2.53. The fourth-order valence-electron chi connectivity index (χ4n) is 3.47. The summed E-state index contributed by atoms with van der Waals surface area (Å²) in [5.74, 6) is 1.03. The number of rotatable bonds is 10. The van der Waals surface area contributed by atoms with Gasteiger partial charge in [0.1, 0.15) is 0 Å². The number of carbonyl (C=O) groups excluding carboxylic acids is 1. The van der Waals surface area contributed by atoms with Crippen LogP contribution < -0.4 is 14.8 Å². The topological polar surface area (TPSA) is 50.8 Å². The highest BCUT2D eigenvalue weighted by Crippen LogP contribution is 2.27. The average molecular weight is 413 g/mol. The Bertz CT molecular complexity index is 793. The maximum Gasteiger partial charge on any atom is 0.258 e. The molecule has 0 bridgehead atoms. The molecule has 0 saturated carbocycles. The lowest BCUT2D eigenvalue weighted by Gasteiger charge is -2.31. The molecule has 0 aliphatic rings. The first-order valence-electron chi connectivity index (χ1n) is 10.7. The predicted molar refractivity (Wildman–Crippen MR) is 122 cm³/mol. The molecule has 164 valence electrons. The van der Waals surface area contributed by atoms with E-state index in [2.05, 4.69) is 69.1 Å². The van der Waals surface area contributed by atoms with E-state index in [1.807, 2.05) is 18.2 Å². The third-order valence-electron chi connectivity index (χ3n) is 5.34. The molecule has 5 heteroatoms. The third kappa shape index (κ3) is 6.49. The van der Waals surface area contributed by atoms with Gasteiger partial charge in [-0.05, 0) is 41.8 Å². The second-order valence-electron chi connectivity index (χ2n) is 8.35. The summed E-state index contributed by atoms with van der Waals surface area (Å²) in [6.07, 6.45) is 0. The zero-order chi connectivity index (χ0) is 22.1. The van der Waals surface area contributed by atoms with Crippen LogP contribution in [0.2, 0.25) is 0 Å². The highest BCUT2D eigenvalue weighted by atomic mass is 16.5. The standard InChI is InChI=1S/C25H36N2O3/c1-7-27(8-2)21(19-13-15-20(16-14-19)25(3,4)5)17-26-24(28)18-30-23-12-10-9-11-22(23)29-6/h9-16,21H,7-8,17-18H2,1-6H3,(H,26,28). The van der Waals surface area contributed by atoms with Crippen molar-refractivity contribution < 1.29 is 14.3 Å². The van der Waals surface area contributed by atoms with Crippen molar-refractivity contribution >= 4 is 5.91 Å². The first-order chi connectivity index (χ1) is 14.3. The van der Waals surface area contributed by atoms with Gasteiger partial charge in [-0.1, -0.05) is 71.0 Å². The largest absolute Gasteiger partial charge is 0.493 e. The summed E-state index contributed by atoms with van der Waals surface area (Å²) in [5.41, 5.74) is 2.63. The molecule has 1 atom stereocenters. The predicted octanol–water partition coefficient (Wildman–Crippen LogP) is 4.57. The molecule has 0 saturated heterocycles. The van der Waals surface area contributed by atoms with Crippen molar-refractivity contribution in [3.63, 3.8) is 0 Å². The minimum atomic E-state index is -0.149. The number of ether oxygens (including phenoxy) is 2. The molecule has 0 heterocycles. The molecule has 0 aliphatic carbocycles. The number of hydrogen-bond donors (Lipinski definition) is 1. The van der Waals surface area contributed by atoms with Crippen molar-refractivity contribution in [3.8, 4) is 11.5 Å². The molecule has 5 nitrogen and oxygen atoms in total. The summed E-state index contributed by atoms with van der Waals surface area (Å²) >= 11 is 0. The number of methoxy groups -OCH3 is 1. The van der Waals surface area contributed by atoms with Crippen LogP contribution in [0.5, 0.6) is 11.5 Å². The Morgan fingerprint density at radius 3 is 2.13 bits per heavy atom. The molecule has 2 rings (SSSR count). The summed E-state index contributed by atoms with van der Waals surface area (Å²) < 4.78 is 10.9. The van der Waals surface area contributed by atoms with Crippen LogP contribution in [0.25, 0.3) is 0 Å². The monoisotopic (exact) mass is 412 g/mol. The van der Waals surface area contributed by atoms with Gasteiger partial charge in [0.05, 0.1) is 13.2 Å². The Balaban J connectivity index is 2.03. The first kappa shape index (κ1) is 23.7. The maximum atomic E-state index is 12.4. The van der Waals surface area contributed by atoms with Gasteiger partial charge in [0.25, 0.3) is 5.91 Å². The van der Waals surface area contributed by atoms with Gasteiger partial charge in [-0.3, -0.25) is 9.69 Å². The zero-order valence-corrected chi connectivity index (χ0v) is 19.2. The molecule has 2 aromatic carbocycles. The Morgan fingerprint density at radius 2 is 1.60 bits per heavy atom. The van der Waals surface area contributed by atoms with Crippen molar-refractivity contribution in [2.24, 2.45) is 0 Å². The van der Waals surface area contributed by atoms with Gasteiger partial charge in [0, 0.05) is 6.54 Å². The molecule has 1 amide bonds. The number of carbonyl (C=O) groups is 1. The molecular formula is C25H36N2O3. The Morgan fingerprint density at radius 1 is 1.00 bits per heavy atom. The Kier molecular flexibility index (Phi) is 8.72. The molecule has 0 aromatic heterocycles. The van der Waals surface area contributed by atoms with Crippen LogP contribution in [-0.4, -0.2) is 44.2 Å². The van der Waals surface area contributed by atoms with E-state index in [0.717, 1.165) is 13.1 Å². The number of nitrogens with one attached hydrogen (secondary N) is 1. The van der Waals surface area contributed by atoms with Gasteiger partial charge in [-0.25, -0.2) is 0 Å². The van der Waals surface area contributed by atoms with E-state index in [4.69, 9.17) is 9.47 Å². The second-order valence-corrected chi connectivity index (χ2v) is 8.35. The van der Waals surface area contributed by atoms with Crippen LogP contribution in [0.4, 0.5) is 0 Å². The first-order valence-corrected chi connectivity index (χ1v) is 10.7. The van der Waals surface area contributed by atoms with Gasteiger partial charge < -0.3 is 14.8 Å². The quantitative estimate of drug-likeness (QED) is 0.621. The van der Waals surface area contributed by atoms with Crippen LogP contribution in [0.3, 0.4) is 0 Å². The van der Waals surface area contributed by atoms with Crippen molar-refractivity contribution in [1.29, 1.82) is 0 Å². The van der Waals surface area contributed by atoms with Crippen LogP contribution in [0, 0.1) is 0 Å². The van der Waals surface area contributed by atoms with E-state index in [1.165, 1.54) is 11.1 Å². The number of hydrogen-bond acceptors (Lipinski definition) is 4. The lowest BCUT2D eigenvalue weighted by atomic mass is 9.86. The fourth-order valence-corrected chi connectivity index (χ4v) is 3.47. The van der Waals surface area contributed by atoms with E-state index >= 15 is 0 Å². The summed E-state index contributed by atoms with van der Waals surface area (Å²) in [6, 6.07) is 16.2. The lowest BCUT2D eigenvalue weighted by Crippen LogP contribution is -2.39. The lowest BCUT2D eigenvalue weighted by molar-refractivity contribution is -0.123. The van der Waals surface area contributed by atoms with Crippen LogP contribution in [0.15, 0.2) is 48.5 Å². The molecule has 0 radical (unpaired) electrons. The van der Waals surface area contributed by atoms with Gasteiger partial charge in [-0.15, -0.1) is 0 Å². The smallest absolute Gasteiger partial charge is 0.258 e. The van der Waals surface area contributed by atoms with Crippen LogP contribution >= 0.6 is 0 Å². The number of para-hydroxylation sites is 2. The molecule has 0 spiro atoms. The summed E-state index contributed by atoms with van der Waals surface area (Å²) in [4.78, 5) is 14.8. The summed E-state index contributed by atoms with van der Waals surface area (Å²) in [7, 11) is 1.59. The molecule has 1 unspecified atom stereocenters. The van der Waals surface area contributed by atoms with Crippen LogP contribution in [-0.2, 0) is 10.2 Å². The van der Waals surface area contributed by atoms with E-state index in [9.17, 15) is 4.79 Å². The molecule has 0 aliphatic heterocycles. The summed E-state index contributed by atoms with van der Waals surface area (Å²) in [5, 5.41) is 3.04. The number of amides is 1. The van der Waals surface area contributed by atoms with E-state index in [0.29, 0.717) is 18.0 Å². The molecule has 30 heavy (non-hydrogen) atoms. The van der Waals surface area contributed by atoms with Crippen molar-refractivity contribution in [2.45, 2.75) is 46.1 Å². The zero-order valence-electron chi connectivity index (χ0n) is 19.2. The SMILES string of the molecule is CCN(CC)C(CNC(=O)COc1ccccc1OC)c1ccc(C(C)(C)C)cc1. The second kappa shape index (κ2) is 11.0. The maximum absolute atomic E-state index is 12.4.